The van der Waals surface area contributed by atoms with Crippen molar-refractivity contribution in [3.05, 3.63) is 12.4 Å². The topological polar surface area (TPSA) is 81.3 Å². The number of nitrogens with one attached hydrogen (secondary N) is 2. The molecular weight excluding hydrogens is 258 g/mol. The van der Waals surface area contributed by atoms with E-state index in [0.29, 0.717) is 13.0 Å². The summed E-state index contributed by atoms with van der Waals surface area (Å²) < 4.78 is 0. The third-order valence-corrected chi connectivity index (χ3v) is 4.05. The molecule has 2 amide bonds. The number of piperazine rings is 1. The molecule has 0 aromatic carbocycles. The van der Waals surface area contributed by atoms with Crippen LogP contribution < -0.4 is 10.2 Å². The number of H-pyrrole nitrogens is 1. The number of nitrogens with zero attached hydrogens (tertiary/aromatic N) is 3. The molecule has 2 atom stereocenters. The Morgan fingerprint density at radius 2 is 2.35 bits per heavy atom. The highest BCUT2D eigenvalue weighted by atomic mass is 16.2. The van der Waals surface area contributed by atoms with Crippen LogP contribution in [0.25, 0.3) is 0 Å². The maximum absolute atomic E-state index is 12.6. The smallest absolute Gasteiger partial charge is 0.228 e. The first-order valence-electron chi connectivity index (χ1n) is 6.97. The Balaban J connectivity index is 1.69. The standard InChI is InChI=1S/C13H19N5O2/c1-9-5-14-2-3-17(9)13(20)10-4-12(19)18(8-10)11-6-15-16-7-11/h6-7,9-10,14H,2-5,8H2,1H3,(H,15,16)/t9-,10+/m1/s1. The van der Waals surface area contributed by atoms with Crippen LogP contribution in [0, 0.1) is 5.92 Å². The van der Waals surface area contributed by atoms with Gasteiger partial charge in [0.2, 0.25) is 11.8 Å². The summed E-state index contributed by atoms with van der Waals surface area (Å²) in [6, 6.07) is 0.189. The van der Waals surface area contributed by atoms with E-state index in [-0.39, 0.29) is 23.8 Å². The third kappa shape index (κ3) is 2.29. The van der Waals surface area contributed by atoms with Crippen LogP contribution >= 0.6 is 0 Å². The van der Waals surface area contributed by atoms with E-state index in [0.717, 1.165) is 25.3 Å². The summed E-state index contributed by atoms with van der Waals surface area (Å²) in [6.07, 6.45) is 3.58. The fraction of sp³-hybridized carbons (Fsp3) is 0.615. The van der Waals surface area contributed by atoms with Gasteiger partial charge in [0, 0.05) is 44.8 Å². The minimum atomic E-state index is -0.238. The number of carbonyl (C=O) groups is 2. The number of amides is 2. The fourth-order valence-electron chi connectivity index (χ4n) is 2.92. The number of anilines is 1. The fourth-order valence-corrected chi connectivity index (χ4v) is 2.92. The van der Waals surface area contributed by atoms with E-state index >= 15 is 0 Å². The molecule has 0 aliphatic carbocycles. The van der Waals surface area contributed by atoms with E-state index < -0.39 is 0 Å². The van der Waals surface area contributed by atoms with Gasteiger partial charge in [0.15, 0.2) is 0 Å². The highest BCUT2D eigenvalue weighted by Gasteiger charge is 2.38. The van der Waals surface area contributed by atoms with Gasteiger partial charge in [0.05, 0.1) is 17.8 Å². The number of aromatic nitrogens is 2. The first-order chi connectivity index (χ1) is 9.66. The van der Waals surface area contributed by atoms with Crippen molar-refractivity contribution in [3.8, 4) is 0 Å². The lowest BCUT2D eigenvalue weighted by Gasteiger charge is -2.35. The summed E-state index contributed by atoms with van der Waals surface area (Å²) >= 11 is 0. The second-order valence-corrected chi connectivity index (χ2v) is 5.45. The van der Waals surface area contributed by atoms with Crippen LogP contribution in [0.4, 0.5) is 5.69 Å². The van der Waals surface area contributed by atoms with Gasteiger partial charge in [-0.3, -0.25) is 14.7 Å². The van der Waals surface area contributed by atoms with Crippen molar-refractivity contribution >= 4 is 17.5 Å². The number of carbonyl (C=O) groups excluding carboxylic acids is 2. The Labute approximate surface area is 117 Å². The SMILES string of the molecule is C[C@@H]1CNCCN1C(=O)[C@H]1CC(=O)N(c2cn[nH]c2)C1. The van der Waals surface area contributed by atoms with Gasteiger partial charge in [0.1, 0.15) is 0 Å². The zero-order valence-corrected chi connectivity index (χ0v) is 11.5. The number of aromatic amines is 1. The van der Waals surface area contributed by atoms with Crippen LogP contribution in [0.3, 0.4) is 0 Å². The summed E-state index contributed by atoms with van der Waals surface area (Å²) in [5, 5.41) is 9.81. The van der Waals surface area contributed by atoms with Crippen LogP contribution in [0.2, 0.25) is 0 Å². The summed E-state index contributed by atoms with van der Waals surface area (Å²) in [7, 11) is 0. The van der Waals surface area contributed by atoms with E-state index in [1.165, 1.54) is 0 Å². The maximum atomic E-state index is 12.6. The van der Waals surface area contributed by atoms with Gasteiger partial charge in [-0.2, -0.15) is 5.10 Å². The highest BCUT2D eigenvalue weighted by molar-refractivity contribution is 6.00. The molecule has 0 bridgehead atoms. The molecule has 7 heteroatoms. The van der Waals surface area contributed by atoms with Crippen molar-refractivity contribution < 1.29 is 9.59 Å². The molecule has 0 spiro atoms. The Morgan fingerprint density at radius 1 is 1.50 bits per heavy atom. The molecule has 0 unspecified atom stereocenters. The molecule has 2 fully saturated rings. The Morgan fingerprint density at radius 3 is 3.05 bits per heavy atom. The zero-order valence-electron chi connectivity index (χ0n) is 11.5. The molecule has 0 saturated carbocycles. The van der Waals surface area contributed by atoms with E-state index in [4.69, 9.17) is 0 Å². The summed E-state index contributed by atoms with van der Waals surface area (Å²) in [5.41, 5.74) is 0.735. The first kappa shape index (κ1) is 13.1. The molecule has 1 aromatic rings. The lowest BCUT2D eigenvalue weighted by Crippen LogP contribution is -2.54. The number of hydrogen-bond acceptors (Lipinski definition) is 4. The highest BCUT2D eigenvalue weighted by Crippen LogP contribution is 2.26. The Bertz CT molecular complexity index is 501. The van der Waals surface area contributed by atoms with E-state index in [2.05, 4.69) is 15.5 Å². The normalized spacial score (nSPS) is 27.1. The monoisotopic (exact) mass is 277 g/mol. The number of hydrogen-bond donors (Lipinski definition) is 2. The van der Waals surface area contributed by atoms with Crippen molar-refractivity contribution in [1.82, 2.24) is 20.4 Å². The predicted molar refractivity (Wildman–Crippen MR) is 73.1 cm³/mol. The Kier molecular flexibility index (Phi) is 3.43. The summed E-state index contributed by atoms with van der Waals surface area (Å²) in [5.74, 6) is -0.149. The van der Waals surface area contributed by atoms with Gasteiger partial charge < -0.3 is 15.1 Å². The Hall–Kier alpha value is -1.89. The molecule has 2 N–H and O–H groups in total. The average Bonchev–Trinajstić information content (AvgIpc) is 3.07. The van der Waals surface area contributed by atoms with E-state index in [1.807, 2.05) is 11.8 Å². The summed E-state index contributed by atoms with van der Waals surface area (Å²) in [6.45, 7) is 4.85. The van der Waals surface area contributed by atoms with Gasteiger partial charge in [0.25, 0.3) is 0 Å². The zero-order chi connectivity index (χ0) is 14.1. The molecule has 3 heterocycles. The minimum Gasteiger partial charge on any atom is -0.337 e. The summed E-state index contributed by atoms with van der Waals surface area (Å²) in [4.78, 5) is 28.2. The predicted octanol–water partition coefficient (Wildman–Crippen LogP) is -0.417. The van der Waals surface area contributed by atoms with Crippen LogP contribution in [0.5, 0.6) is 0 Å². The maximum Gasteiger partial charge on any atom is 0.228 e. The molecule has 2 aliphatic heterocycles. The van der Waals surface area contributed by atoms with Gasteiger partial charge in [-0.1, -0.05) is 0 Å². The van der Waals surface area contributed by atoms with Gasteiger partial charge in [-0.05, 0) is 6.92 Å². The van der Waals surface area contributed by atoms with Gasteiger partial charge >= 0.3 is 0 Å². The third-order valence-electron chi connectivity index (χ3n) is 4.05. The van der Waals surface area contributed by atoms with Crippen molar-refractivity contribution in [3.63, 3.8) is 0 Å². The number of rotatable bonds is 2. The van der Waals surface area contributed by atoms with Crippen LogP contribution in [-0.2, 0) is 9.59 Å². The van der Waals surface area contributed by atoms with Crippen molar-refractivity contribution in [2.45, 2.75) is 19.4 Å². The molecule has 3 rings (SSSR count). The molecular formula is C13H19N5O2. The molecule has 1 aromatic heterocycles. The molecule has 108 valence electrons. The molecule has 0 radical (unpaired) electrons. The molecule has 2 saturated heterocycles. The lowest BCUT2D eigenvalue weighted by molar-refractivity contribution is -0.138. The largest absolute Gasteiger partial charge is 0.337 e. The van der Waals surface area contributed by atoms with Crippen molar-refractivity contribution in [1.29, 1.82) is 0 Å². The van der Waals surface area contributed by atoms with E-state index in [1.54, 1.807) is 17.3 Å². The van der Waals surface area contributed by atoms with E-state index in [9.17, 15) is 9.59 Å². The molecule has 2 aliphatic rings. The van der Waals surface area contributed by atoms with Crippen molar-refractivity contribution in [2.75, 3.05) is 31.1 Å². The molecule has 7 nitrogen and oxygen atoms in total. The van der Waals surface area contributed by atoms with Crippen LogP contribution in [0.15, 0.2) is 12.4 Å². The average molecular weight is 277 g/mol. The molecule has 20 heavy (non-hydrogen) atoms. The van der Waals surface area contributed by atoms with Crippen LogP contribution in [0.1, 0.15) is 13.3 Å². The van der Waals surface area contributed by atoms with Gasteiger partial charge in [-0.25, -0.2) is 0 Å². The minimum absolute atomic E-state index is 0.00691. The second-order valence-electron chi connectivity index (χ2n) is 5.45. The quantitative estimate of drug-likeness (QED) is 0.769. The lowest BCUT2D eigenvalue weighted by atomic mass is 10.1. The van der Waals surface area contributed by atoms with Gasteiger partial charge in [-0.15, -0.1) is 0 Å². The van der Waals surface area contributed by atoms with Crippen LogP contribution in [-0.4, -0.2) is 59.1 Å². The first-order valence-corrected chi connectivity index (χ1v) is 6.97. The van der Waals surface area contributed by atoms with Crippen molar-refractivity contribution in [2.24, 2.45) is 5.92 Å². The second kappa shape index (κ2) is 5.24.